The summed E-state index contributed by atoms with van der Waals surface area (Å²) < 4.78 is 0. The van der Waals surface area contributed by atoms with Gasteiger partial charge in [-0.2, -0.15) is 0 Å². The highest BCUT2D eigenvalue weighted by molar-refractivity contribution is 5.76. The molecule has 2 amide bonds. The lowest BCUT2D eigenvalue weighted by Crippen LogP contribution is -2.33. The van der Waals surface area contributed by atoms with Crippen molar-refractivity contribution in [2.75, 3.05) is 0 Å². The van der Waals surface area contributed by atoms with Crippen LogP contribution in [0.3, 0.4) is 0 Å². The SMILES string of the molecule is CC(C)(CC(N)=O)CC(C)(C)CC(=O)NCc1ccc(C(C)(C)C)cc1. The molecule has 0 aliphatic rings. The van der Waals surface area contributed by atoms with Crippen molar-refractivity contribution in [3.05, 3.63) is 35.4 Å². The molecule has 0 spiro atoms. The van der Waals surface area contributed by atoms with Gasteiger partial charge in [-0.05, 0) is 33.8 Å². The Kier molecular flexibility index (Phi) is 7.03. The van der Waals surface area contributed by atoms with Crippen LogP contribution < -0.4 is 11.1 Å². The molecule has 146 valence electrons. The van der Waals surface area contributed by atoms with Gasteiger partial charge in [-0.1, -0.05) is 72.7 Å². The van der Waals surface area contributed by atoms with Gasteiger partial charge in [0.2, 0.25) is 11.8 Å². The van der Waals surface area contributed by atoms with E-state index in [1.807, 2.05) is 13.8 Å². The lowest BCUT2D eigenvalue weighted by molar-refractivity contribution is -0.123. The second-order valence-electron chi connectivity index (χ2n) is 10.0. The van der Waals surface area contributed by atoms with Crippen molar-refractivity contribution in [2.45, 2.75) is 79.7 Å². The highest BCUT2D eigenvalue weighted by atomic mass is 16.1. The molecule has 1 aromatic carbocycles. The number of nitrogens with one attached hydrogen (secondary N) is 1. The Balaban J connectivity index is 2.56. The third kappa shape index (κ3) is 8.03. The highest BCUT2D eigenvalue weighted by Crippen LogP contribution is 2.38. The fourth-order valence-electron chi connectivity index (χ4n) is 3.71. The van der Waals surface area contributed by atoms with E-state index in [9.17, 15) is 9.59 Å². The van der Waals surface area contributed by atoms with Crippen LogP contribution in [0.15, 0.2) is 24.3 Å². The number of benzene rings is 1. The molecule has 0 saturated heterocycles. The molecule has 0 unspecified atom stereocenters. The summed E-state index contributed by atoms with van der Waals surface area (Å²) in [5.41, 5.74) is 7.43. The molecule has 1 rings (SSSR count). The standard InChI is InChI=1S/C22H36N2O2/c1-20(2,3)17-10-8-16(9-11-17)14-24-19(26)13-22(6,7)15-21(4,5)12-18(23)25/h8-11H,12-15H2,1-7H3,(H2,23,25)(H,24,26). The molecule has 1 aromatic rings. The Morgan fingerprint density at radius 3 is 1.85 bits per heavy atom. The number of hydrogen-bond donors (Lipinski definition) is 2. The molecule has 0 bridgehead atoms. The largest absolute Gasteiger partial charge is 0.370 e. The molecule has 0 radical (unpaired) electrons. The third-order valence-electron chi connectivity index (χ3n) is 4.56. The highest BCUT2D eigenvalue weighted by Gasteiger charge is 2.31. The minimum absolute atomic E-state index is 0.0322. The summed E-state index contributed by atoms with van der Waals surface area (Å²) in [5, 5.41) is 3.01. The lowest BCUT2D eigenvalue weighted by Gasteiger charge is -2.34. The molecule has 0 atom stereocenters. The van der Waals surface area contributed by atoms with E-state index in [1.54, 1.807) is 0 Å². The summed E-state index contributed by atoms with van der Waals surface area (Å²) in [6.45, 7) is 15.3. The Hall–Kier alpha value is -1.84. The summed E-state index contributed by atoms with van der Waals surface area (Å²) in [5.74, 6) is -0.265. The topological polar surface area (TPSA) is 72.2 Å². The number of amides is 2. The van der Waals surface area contributed by atoms with Crippen LogP contribution in [0.4, 0.5) is 0 Å². The van der Waals surface area contributed by atoms with Gasteiger partial charge in [0.25, 0.3) is 0 Å². The van der Waals surface area contributed by atoms with Crippen LogP contribution in [0, 0.1) is 10.8 Å². The number of primary amides is 1. The molecule has 4 heteroatoms. The zero-order chi connectivity index (χ0) is 20.2. The normalized spacial score (nSPS) is 12.7. The number of carbonyl (C=O) groups excluding carboxylic acids is 2. The Morgan fingerprint density at radius 1 is 0.885 bits per heavy atom. The van der Waals surface area contributed by atoms with E-state index in [-0.39, 0.29) is 28.1 Å². The summed E-state index contributed by atoms with van der Waals surface area (Å²) >= 11 is 0. The molecule has 4 nitrogen and oxygen atoms in total. The van der Waals surface area contributed by atoms with Gasteiger partial charge in [0.05, 0.1) is 0 Å². The smallest absolute Gasteiger partial charge is 0.220 e. The molecular weight excluding hydrogens is 324 g/mol. The van der Waals surface area contributed by atoms with Gasteiger partial charge in [0.1, 0.15) is 0 Å². The molecule has 0 saturated carbocycles. The Bertz CT molecular complexity index is 623. The van der Waals surface area contributed by atoms with Gasteiger partial charge in [-0.15, -0.1) is 0 Å². The van der Waals surface area contributed by atoms with Crippen LogP contribution in [0.25, 0.3) is 0 Å². The number of rotatable bonds is 8. The fraction of sp³-hybridized carbons (Fsp3) is 0.636. The summed E-state index contributed by atoms with van der Waals surface area (Å²) in [6.07, 6.45) is 1.52. The predicted molar refractivity (Wildman–Crippen MR) is 108 cm³/mol. The van der Waals surface area contributed by atoms with Crippen molar-refractivity contribution < 1.29 is 9.59 Å². The van der Waals surface area contributed by atoms with Crippen LogP contribution in [-0.2, 0) is 21.5 Å². The van der Waals surface area contributed by atoms with Crippen LogP contribution in [0.1, 0.15) is 78.9 Å². The molecule has 26 heavy (non-hydrogen) atoms. The Labute approximate surface area is 158 Å². The zero-order valence-corrected chi connectivity index (χ0v) is 17.5. The Morgan fingerprint density at radius 2 is 1.38 bits per heavy atom. The van der Waals surface area contributed by atoms with Crippen molar-refractivity contribution in [3.63, 3.8) is 0 Å². The van der Waals surface area contributed by atoms with Gasteiger partial charge < -0.3 is 11.1 Å². The maximum absolute atomic E-state index is 12.4. The lowest BCUT2D eigenvalue weighted by atomic mass is 9.71. The summed E-state index contributed by atoms with van der Waals surface area (Å²) in [4.78, 5) is 23.6. The van der Waals surface area contributed by atoms with Crippen molar-refractivity contribution >= 4 is 11.8 Å². The van der Waals surface area contributed by atoms with E-state index in [1.165, 1.54) is 5.56 Å². The first-order chi connectivity index (χ1) is 11.7. The fourth-order valence-corrected chi connectivity index (χ4v) is 3.71. The number of carbonyl (C=O) groups is 2. The van der Waals surface area contributed by atoms with E-state index in [0.29, 0.717) is 19.4 Å². The molecule has 0 aromatic heterocycles. The second-order valence-corrected chi connectivity index (χ2v) is 10.0. The van der Waals surface area contributed by atoms with Crippen molar-refractivity contribution in [1.29, 1.82) is 0 Å². The van der Waals surface area contributed by atoms with Crippen LogP contribution in [-0.4, -0.2) is 11.8 Å². The first-order valence-electron chi connectivity index (χ1n) is 9.35. The maximum atomic E-state index is 12.4. The molecule has 3 N–H and O–H groups in total. The average molecular weight is 361 g/mol. The van der Waals surface area contributed by atoms with Crippen molar-refractivity contribution in [1.82, 2.24) is 5.32 Å². The van der Waals surface area contributed by atoms with Crippen molar-refractivity contribution in [2.24, 2.45) is 16.6 Å². The van der Waals surface area contributed by atoms with E-state index < -0.39 is 0 Å². The number of hydrogen-bond acceptors (Lipinski definition) is 2. The van der Waals surface area contributed by atoms with E-state index in [2.05, 4.69) is 64.2 Å². The van der Waals surface area contributed by atoms with Crippen molar-refractivity contribution in [3.8, 4) is 0 Å². The maximum Gasteiger partial charge on any atom is 0.220 e. The van der Waals surface area contributed by atoms with Gasteiger partial charge in [0.15, 0.2) is 0 Å². The van der Waals surface area contributed by atoms with Crippen LogP contribution >= 0.6 is 0 Å². The molecule has 0 heterocycles. The third-order valence-corrected chi connectivity index (χ3v) is 4.56. The quantitative estimate of drug-likeness (QED) is 0.725. The monoisotopic (exact) mass is 360 g/mol. The van der Waals surface area contributed by atoms with Gasteiger partial charge in [-0.25, -0.2) is 0 Å². The first kappa shape index (κ1) is 22.2. The number of nitrogens with two attached hydrogens (primary N) is 1. The van der Waals surface area contributed by atoms with Gasteiger partial charge in [0, 0.05) is 19.4 Å². The van der Waals surface area contributed by atoms with Crippen LogP contribution in [0.2, 0.25) is 0 Å². The van der Waals surface area contributed by atoms with Gasteiger partial charge >= 0.3 is 0 Å². The summed E-state index contributed by atoms with van der Waals surface area (Å²) in [6, 6.07) is 8.39. The first-order valence-corrected chi connectivity index (χ1v) is 9.35. The molecule has 0 aliphatic carbocycles. The molecule has 0 fully saturated rings. The van der Waals surface area contributed by atoms with E-state index in [4.69, 9.17) is 5.73 Å². The zero-order valence-electron chi connectivity index (χ0n) is 17.5. The average Bonchev–Trinajstić information content (AvgIpc) is 2.41. The predicted octanol–water partition coefficient (Wildman–Crippen LogP) is 4.31. The van der Waals surface area contributed by atoms with Crippen LogP contribution in [0.5, 0.6) is 0 Å². The van der Waals surface area contributed by atoms with E-state index >= 15 is 0 Å². The summed E-state index contributed by atoms with van der Waals surface area (Å²) in [7, 11) is 0. The minimum Gasteiger partial charge on any atom is -0.370 e. The minimum atomic E-state index is -0.297. The van der Waals surface area contributed by atoms with Gasteiger partial charge in [-0.3, -0.25) is 9.59 Å². The molecular formula is C22H36N2O2. The molecule has 0 aliphatic heterocycles. The second kappa shape index (κ2) is 8.24. The van der Waals surface area contributed by atoms with E-state index in [0.717, 1.165) is 12.0 Å².